The smallest absolute Gasteiger partial charge is 0.330 e. The molecule has 0 saturated carbocycles. The molecule has 1 fully saturated rings. The average Bonchev–Trinajstić information content (AvgIpc) is 2.18. The van der Waals surface area contributed by atoms with Crippen LogP contribution >= 0.6 is 0 Å². The van der Waals surface area contributed by atoms with Crippen LogP contribution in [0.4, 0.5) is 13.2 Å². The van der Waals surface area contributed by atoms with Gasteiger partial charge in [0.2, 0.25) is 0 Å². The van der Waals surface area contributed by atoms with Gasteiger partial charge in [-0.1, -0.05) is 6.42 Å². The van der Waals surface area contributed by atoms with Gasteiger partial charge in [0.15, 0.2) is 0 Å². The van der Waals surface area contributed by atoms with E-state index in [4.69, 9.17) is 5.73 Å². The van der Waals surface area contributed by atoms with Crippen molar-refractivity contribution in [2.24, 2.45) is 11.7 Å². The number of piperidine rings is 1. The lowest BCUT2D eigenvalue weighted by Crippen LogP contribution is -2.36. The molecule has 1 unspecified atom stereocenters. The fourth-order valence-electron chi connectivity index (χ4n) is 1.94. The van der Waals surface area contributed by atoms with E-state index in [1.807, 2.05) is 0 Å². The Morgan fingerprint density at radius 3 is 2.20 bits per heavy atom. The van der Waals surface area contributed by atoms with Gasteiger partial charge in [-0.2, -0.15) is 13.2 Å². The second-order valence-electron chi connectivity index (χ2n) is 4.17. The van der Waals surface area contributed by atoms with Crippen LogP contribution in [0.1, 0.15) is 25.7 Å². The van der Waals surface area contributed by atoms with Gasteiger partial charge in [-0.15, -0.1) is 0 Å². The number of nitrogens with zero attached hydrogens (tertiary/aromatic N) is 1. The molecule has 0 aliphatic carbocycles. The van der Waals surface area contributed by atoms with E-state index in [1.165, 1.54) is 6.42 Å². The molecule has 0 aromatic heterocycles. The van der Waals surface area contributed by atoms with Gasteiger partial charge in [-0.05, 0) is 38.9 Å². The van der Waals surface area contributed by atoms with Crippen molar-refractivity contribution in [1.82, 2.24) is 4.90 Å². The average molecular weight is 224 g/mol. The monoisotopic (exact) mass is 224 g/mol. The van der Waals surface area contributed by atoms with E-state index >= 15 is 0 Å². The van der Waals surface area contributed by atoms with Crippen molar-refractivity contribution < 1.29 is 13.2 Å². The Balaban J connectivity index is 2.27. The minimum atomic E-state index is -4.13. The molecule has 5 heteroatoms. The maximum absolute atomic E-state index is 12.4. The Labute approximate surface area is 88.6 Å². The molecule has 1 aliphatic heterocycles. The maximum Gasteiger partial charge on any atom is 0.393 e. The Kier molecular flexibility index (Phi) is 4.86. The van der Waals surface area contributed by atoms with Gasteiger partial charge in [-0.25, -0.2) is 0 Å². The Morgan fingerprint density at radius 2 is 1.73 bits per heavy atom. The van der Waals surface area contributed by atoms with Crippen molar-refractivity contribution in [3.63, 3.8) is 0 Å². The third-order valence-corrected chi connectivity index (χ3v) is 2.99. The summed E-state index contributed by atoms with van der Waals surface area (Å²) in [5, 5.41) is 0. The highest BCUT2D eigenvalue weighted by Crippen LogP contribution is 2.28. The first-order valence-corrected chi connectivity index (χ1v) is 5.53. The van der Waals surface area contributed by atoms with Crippen LogP contribution in [0, 0.1) is 5.92 Å². The van der Waals surface area contributed by atoms with Crippen molar-refractivity contribution in [1.29, 1.82) is 0 Å². The number of hydrogen-bond donors (Lipinski definition) is 1. The molecular weight excluding hydrogens is 205 g/mol. The van der Waals surface area contributed by atoms with Crippen LogP contribution in [0.15, 0.2) is 0 Å². The summed E-state index contributed by atoms with van der Waals surface area (Å²) in [4.78, 5) is 2.11. The number of nitrogens with two attached hydrogens (primary N) is 1. The Bertz CT molecular complexity index is 176. The Morgan fingerprint density at radius 1 is 1.13 bits per heavy atom. The van der Waals surface area contributed by atoms with Crippen LogP contribution in [-0.2, 0) is 0 Å². The number of hydrogen-bond acceptors (Lipinski definition) is 2. The highest BCUT2D eigenvalue weighted by molar-refractivity contribution is 4.72. The molecule has 2 N–H and O–H groups in total. The van der Waals surface area contributed by atoms with Crippen LogP contribution < -0.4 is 5.73 Å². The summed E-state index contributed by atoms with van der Waals surface area (Å²) in [6.07, 6.45) is -0.570. The molecule has 0 bridgehead atoms. The van der Waals surface area contributed by atoms with Gasteiger partial charge >= 0.3 is 6.18 Å². The normalized spacial score (nSPS) is 21.6. The van der Waals surface area contributed by atoms with Gasteiger partial charge in [0.25, 0.3) is 0 Å². The zero-order valence-corrected chi connectivity index (χ0v) is 8.89. The van der Waals surface area contributed by atoms with Gasteiger partial charge in [0.1, 0.15) is 0 Å². The van der Waals surface area contributed by atoms with E-state index in [9.17, 15) is 13.2 Å². The van der Waals surface area contributed by atoms with Crippen molar-refractivity contribution in [2.45, 2.75) is 31.9 Å². The Hall–Kier alpha value is -0.290. The molecule has 1 saturated heterocycles. The van der Waals surface area contributed by atoms with Crippen molar-refractivity contribution in [2.75, 3.05) is 26.2 Å². The molecular formula is C10H19F3N2. The van der Waals surface area contributed by atoms with Crippen molar-refractivity contribution in [3.8, 4) is 0 Å². The van der Waals surface area contributed by atoms with Crippen LogP contribution in [0.2, 0.25) is 0 Å². The molecule has 15 heavy (non-hydrogen) atoms. The molecule has 1 aliphatic rings. The first-order valence-electron chi connectivity index (χ1n) is 5.53. The van der Waals surface area contributed by atoms with Gasteiger partial charge in [-0.3, -0.25) is 0 Å². The molecule has 1 heterocycles. The fourth-order valence-corrected chi connectivity index (χ4v) is 1.94. The van der Waals surface area contributed by atoms with Crippen molar-refractivity contribution in [3.05, 3.63) is 0 Å². The molecule has 0 aromatic rings. The third-order valence-electron chi connectivity index (χ3n) is 2.99. The summed E-state index contributed by atoms with van der Waals surface area (Å²) in [5.41, 5.74) is 5.14. The molecule has 2 nitrogen and oxygen atoms in total. The molecule has 1 atom stereocenters. The highest BCUT2D eigenvalue weighted by Gasteiger charge is 2.38. The topological polar surface area (TPSA) is 29.3 Å². The number of rotatable bonds is 4. The molecule has 0 radical (unpaired) electrons. The quantitative estimate of drug-likeness (QED) is 0.791. The summed E-state index contributed by atoms with van der Waals surface area (Å²) in [6, 6.07) is 0. The van der Waals surface area contributed by atoms with E-state index < -0.39 is 12.1 Å². The predicted molar refractivity (Wildman–Crippen MR) is 53.5 cm³/mol. The molecule has 1 rings (SSSR count). The summed E-state index contributed by atoms with van der Waals surface area (Å²) in [6.45, 7) is 2.11. The zero-order valence-electron chi connectivity index (χ0n) is 8.89. The molecule has 0 amide bonds. The van der Waals surface area contributed by atoms with E-state index in [2.05, 4.69) is 4.90 Å². The van der Waals surface area contributed by atoms with E-state index in [-0.39, 0.29) is 13.0 Å². The van der Waals surface area contributed by atoms with Gasteiger partial charge in [0.05, 0.1) is 5.92 Å². The lowest BCUT2D eigenvalue weighted by atomic mass is 10.0. The molecule has 90 valence electrons. The summed E-state index contributed by atoms with van der Waals surface area (Å²) in [7, 11) is 0. The standard InChI is InChI=1S/C10H19F3N2/c11-10(12,13)9(8-14)4-7-15-5-2-1-3-6-15/h9H,1-8,14H2. The molecule has 0 spiro atoms. The number of alkyl halides is 3. The maximum atomic E-state index is 12.4. The second-order valence-corrected chi connectivity index (χ2v) is 4.17. The second kappa shape index (κ2) is 5.70. The van der Waals surface area contributed by atoms with Gasteiger partial charge in [0, 0.05) is 6.54 Å². The van der Waals surface area contributed by atoms with Gasteiger partial charge < -0.3 is 10.6 Å². The minimum Gasteiger partial charge on any atom is -0.330 e. The minimum absolute atomic E-state index is 0.139. The SMILES string of the molecule is NCC(CCN1CCCCC1)C(F)(F)F. The summed E-state index contributed by atoms with van der Waals surface area (Å²) < 4.78 is 37.1. The zero-order chi connectivity index (χ0) is 11.3. The summed E-state index contributed by atoms with van der Waals surface area (Å²) >= 11 is 0. The number of likely N-dealkylation sites (tertiary alicyclic amines) is 1. The predicted octanol–water partition coefficient (Wildman–Crippen LogP) is 2.00. The lowest BCUT2D eigenvalue weighted by molar-refractivity contribution is -0.174. The lowest BCUT2D eigenvalue weighted by Gasteiger charge is -2.28. The van der Waals surface area contributed by atoms with Crippen LogP contribution in [0.5, 0.6) is 0 Å². The van der Waals surface area contributed by atoms with Crippen molar-refractivity contribution >= 4 is 0 Å². The third kappa shape index (κ3) is 4.38. The van der Waals surface area contributed by atoms with Crippen LogP contribution in [0.3, 0.4) is 0 Å². The molecule has 0 aromatic carbocycles. The van der Waals surface area contributed by atoms with E-state index in [0.717, 1.165) is 25.9 Å². The highest BCUT2D eigenvalue weighted by atomic mass is 19.4. The largest absolute Gasteiger partial charge is 0.393 e. The number of halogens is 3. The first-order chi connectivity index (χ1) is 7.04. The van der Waals surface area contributed by atoms with Crippen LogP contribution in [0.25, 0.3) is 0 Å². The van der Waals surface area contributed by atoms with E-state index in [0.29, 0.717) is 6.54 Å². The van der Waals surface area contributed by atoms with Crippen LogP contribution in [-0.4, -0.2) is 37.3 Å². The fraction of sp³-hybridized carbons (Fsp3) is 1.00. The summed E-state index contributed by atoms with van der Waals surface area (Å²) in [5.74, 6) is -1.33. The first kappa shape index (κ1) is 12.8. The van der Waals surface area contributed by atoms with E-state index in [1.54, 1.807) is 0 Å².